The van der Waals surface area contributed by atoms with Crippen LogP contribution in [0.5, 0.6) is 0 Å². The van der Waals surface area contributed by atoms with Crippen molar-refractivity contribution in [3.8, 4) is 0 Å². The van der Waals surface area contributed by atoms with Crippen LogP contribution in [0.25, 0.3) is 0 Å². The van der Waals surface area contributed by atoms with Crippen molar-refractivity contribution in [1.82, 2.24) is 0 Å². The normalized spacial score (nSPS) is 19.5. The van der Waals surface area contributed by atoms with Gasteiger partial charge in [-0.1, -0.05) is 12.1 Å². The van der Waals surface area contributed by atoms with Gasteiger partial charge in [0.2, 0.25) is 0 Å². The molecule has 1 aliphatic rings. The Labute approximate surface area is 115 Å². The van der Waals surface area contributed by atoms with E-state index in [2.05, 4.69) is 5.32 Å². The van der Waals surface area contributed by atoms with E-state index in [1.165, 1.54) is 0 Å². The van der Waals surface area contributed by atoms with Gasteiger partial charge in [0.05, 0.1) is 17.6 Å². The highest BCUT2D eigenvalue weighted by Crippen LogP contribution is 2.14. The lowest BCUT2D eigenvalue weighted by Crippen LogP contribution is -2.25. The molecule has 1 aliphatic heterocycles. The van der Waals surface area contributed by atoms with Crippen LogP contribution in [0.1, 0.15) is 18.4 Å². The summed E-state index contributed by atoms with van der Waals surface area (Å²) in [5.74, 6) is 0.309. The molecule has 5 heteroatoms. The van der Waals surface area contributed by atoms with E-state index in [0.717, 1.165) is 24.1 Å². The van der Waals surface area contributed by atoms with E-state index in [1.54, 1.807) is 0 Å². The van der Waals surface area contributed by atoms with Gasteiger partial charge in [-0.3, -0.25) is 0 Å². The Bertz CT molecular complexity index is 507. The van der Waals surface area contributed by atoms with E-state index in [9.17, 15) is 8.42 Å². The molecule has 0 bridgehead atoms. The Hall–Kier alpha value is -1.07. The molecule has 0 aliphatic carbocycles. The molecule has 1 aromatic carbocycles. The predicted molar refractivity (Wildman–Crippen MR) is 77.3 cm³/mol. The minimum atomic E-state index is -3.03. The molecular weight excluding hydrogens is 262 g/mol. The van der Waals surface area contributed by atoms with E-state index < -0.39 is 9.84 Å². The molecule has 0 spiro atoms. The molecule has 0 saturated carbocycles. The first-order valence-electron chi connectivity index (χ1n) is 6.68. The van der Waals surface area contributed by atoms with Crippen molar-refractivity contribution in [2.24, 2.45) is 0 Å². The van der Waals surface area contributed by atoms with Gasteiger partial charge >= 0.3 is 0 Å². The molecule has 0 amide bonds. The molecule has 0 aromatic heterocycles. The molecule has 1 atom stereocenters. The minimum Gasteiger partial charge on any atom is -0.384 e. The smallest absolute Gasteiger partial charge is 0.154 e. The van der Waals surface area contributed by atoms with Gasteiger partial charge in [-0.15, -0.1) is 0 Å². The number of hydrogen-bond donors (Lipinski definition) is 1. The molecule has 0 radical (unpaired) electrons. The van der Waals surface area contributed by atoms with Crippen molar-refractivity contribution in [2.75, 3.05) is 30.0 Å². The summed E-state index contributed by atoms with van der Waals surface area (Å²) in [7, 11) is -3.03. The maximum absolute atomic E-state index is 11.9. The Balaban J connectivity index is 1.78. The Morgan fingerprint density at radius 2 is 2.26 bits per heavy atom. The highest BCUT2D eigenvalue weighted by Gasteiger charge is 2.22. The van der Waals surface area contributed by atoms with Crippen LogP contribution in [-0.4, -0.2) is 39.2 Å². The van der Waals surface area contributed by atoms with Crippen LogP contribution in [0.4, 0.5) is 5.69 Å². The number of nitrogens with one attached hydrogen (secondary N) is 1. The Morgan fingerprint density at radius 3 is 2.95 bits per heavy atom. The largest absolute Gasteiger partial charge is 0.384 e. The summed E-state index contributed by atoms with van der Waals surface area (Å²) in [6, 6.07) is 7.92. The summed E-state index contributed by atoms with van der Waals surface area (Å²) in [4.78, 5) is 0. The zero-order valence-electron chi connectivity index (χ0n) is 11.3. The number of benzene rings is 1. The first-order valence-corrected chi connectivity index (χ1v) is 8.50. The number of ether oxygens (including phenoxy) is 1. The molecule has 4 nitrogen and oxygen atoms in total. The fourth-order valence-electron chi connectivity index (χ4n) is 2.25. The third kappa shape index (κ3) is 4.84. The van der Waals surface area contributed by atoms with Crippen molar-refractivity contribution >= 4 is 15.5 Å². The van der Waals surface area contributed by atoms with Gasteiger partial charge in [0, 0.05) is 18.8 Å². The van der Waals surface area contributed by atoms with E-state index in [4.69, 9.17) is 4.74 Å². The van der Waals surface area contributed by atoms with E-state index in [-0.39, 0.29) is 17.6 Å². The van der Waals surface area contributed by atoms with Gasteiger partial charge < -0.3 is 10.1 Å². The number of aryl methyl sites for hydroxylation is 1. The standard InChI is InChI=1S/C14H21NO3S/c1-12-4-2-5-13(10-12)15-7-9-19(16,17)11-14-6-3-8-18-14/h2,4-5,10,14-15H,3,6-9,11H2,1H3. The molecule has 1 unspecified atom stereocenters. The summed E-state index contributed by atoms with van der Waals surface area (Å²) in [5, 5.41) is 3.15. The second-order valence-corrected chi connectivity index (χ2v) is 7.27. The van der Waals surface area contributed by atoms with Crippen LogP contribution in [0, 0.1) is 6.92 Å². The molecule has 1 aromatic rings. The van der Waals surface area contributed by atoms with E-state index in [0.29, 0.717) is 13.2 Å². The number of hydrogen-bond acceptors (Lipinski definition) is 4. The number of anilines is 1. The van der Waals surface area contributed by atoms with Crippen molar-refractivity contribution in [1.29, 1.82) is 0 Å². The summed E-state index contributed by atoms with van der Waals surface area (Å²) in [6.07, 6.45) is 1.75. The molecule has 1 saturated heterocycles. The molecule has 1 N–H and O–H groups in total. The van der Waals surface area contributed by atoms with Crippen LogP contribution in [-0.2, 0) is 14.6 Å². The maximum Gasteiger partial charge on any atom is 0.154 e. The minimum absolute atomic E-state index is 0.0935. The second kappa shape index (κ2) is 6.39. The Kier molecular flexibility index (Phi) is 4.82. The van der Waals surface area contributed by atoms with Gasteiger partial charge in [0.15, 0.2) is 9.84 Å². The first-order chi connectivity index (χ1) is 9.05. The van der Waals surface area contributed by atoms with Gasteiger partial charge in [-0.25, -0.2) is 8.42 Å². The highest BCUT2D eigenvalue weighted by molar-refractivity contribution is 7.91. The SMILES string of the molecule is Cc1cccc(NCCS(=O)(=O)CC2CCCO2)c1. The Morgan fingerprint density at radius 1 is 1.42 bits per heavy atom. The summed E-state index contributed by atoms with van der Waals surface area (Å²) >= 11 is 0. The van der Waals surface area contributed by atoms with Crippen LogP contribution < -0.4 is 5.32 Å². The summed E-state index contributed by atoms with van der Waals surface area (Å²) < 4.78 is 29.2. The topological polar surface area (TPSA) is 55.4 Å². The molecule has 106 valence electrons. The molecule has 1 heterocycles. The summed E-state index contributed by atoms with van der Waals surface area (Å²) in [6.45, 7) is 3.15. The molecule has 1 fully saturated rings. The monoisotopic (exact) mass is 283 g/mol. The molecule has 2 rings (SSSR count). The average Bonchev–Trinajstić information content (AvgIpc) is 2.80. The summed E-state index contributed by atoms with van der Waals surface area (Å²) in [5.41, 5.74) is 2.12. The van der Waals surface area contributed by atoms with E-state index in [1.807, 2.05) is 31.2 Å². The van der Waals surface area contributed by atoms with Crippen LogP contribution in [0.3, 0.4) is 0 Å². The fourth-order valence-corrected chi connectivity index (χ4v) is 3.66. The van der Waals surface area contributed by atoms with Gasteiger partial charge in [-0.2, -0.15) is 0 Å². The van der Waals surface area contributed by atoms with Gasteiger partial charge in [0.1, 0.15) is 0 Å². The van der Waals surface area contributed by atoms with E-state index >= 15 is 0 Å². The average molecular weight is 283 g/mol. The van der Waals surface area contributed by atoms with Crippen LogP contribution >= 0.6 is 0 Å². The lowest BCUT2D eigenvalue weighted by Gasteiger charge is -2.11. The van der Waals surface area contributed by atoms with Crippen LogP contribution in [0.15, 0.2) is 24.3 Å². The lowest BCUT2D eigenvalue weighted by molar-refractivity contribution is 0.127. The number of rotatable bonds is 6. The van der Waals surface area contributed by atoms with Crippen LogP contribution in [0.2, 0.25) is 0 Å². The number of sulfone groups is 1. The zero-order valence-corrected chi connectivity index (χ0v) is 12.1. The van der Waals surface area contributed by atoms with Crippen molar-refractivity contribution in [2.45, 2.75) is 25.9 Å². The second-order valence-electron chi connectivity index (χ2n) is 5.05. The molecular formula is C14H21NO3S. The third-order valence-corrected chi connectivity index (χ3v) is 4.93. The fraction of sp³-hybridized carbons (Fsp3) is 0.571. The first kappa shape index (κ1) is 14.3. The molecule has 19 heavy (non-hydrogen) atoms. The quantitative estimate of drug-likeness (QED) is 0.867. The third-order valence-electron chi connectivity index (χ3n) is 3.22. The van der Waals surface area contributed by atoms with Gasteiger partial charge in [-0.05, 0) is 37.5 Å². The highest BCUT2D eigenvalue weighted by atomic mass is 32.2. The maximum atomic E-state index is 11.9. The van der Waals surface area contributed by atoms with Crippen molar-refractivity contribution < 1.29 is 13.2 Å². The van der Waals surface area contributed by atoms with Crippen molar-refractivity contribution in [3.63, 3.8) is 0 Å². The zero-order chi connectivity index (χ0) is 13.7. The van der Waals surface area contributed by atoms with Gasteiger partial charge in [0.25, 0.3) is 0 Å². The van der Waals surface area contributed by atoms with Crippen molar-refractivity contribution in [3.05, 3.63) is 29.8 Å². The lowest BCUT2D eigenvalue weighted by atomic mass is 10.2. The predicted octanol–water partition coefficient (Wildman–Crippen LogP) is 2.00.